The van der Waals surface area contributed by atoms with Crippen LogP contribution in [0.15, 0.2) is 89.9 Å². The van der Waals surface area contributed by atoms with Crippen LogP contribution in [0, 0.1) is 29.6 Å². The van der Waals surface area contributed by atoms with Crippen molar-refractivity contribution < 1.29 is 60.5 Å². The third-order valence-corrected chi connectivity index (χ3v) is 19.2. The molecule has 0 radical (unpaired) electrons. The van der Waals surface area contributed by atoms with Gasteiger partial charge in [-0.05, 0) is 88.1 Å². The van der Waals surface area contributed by atoms with Crippen molar-refractivity contribution in [1.82, 2.24) is 24.4 Å². The van der Waals surface area contributed by atoms with Gasteiger partial charge >= 0.3 is 19.5 Å². The van der Waals surface area contributed by atoms with Gasteiger partial charge in [-0.15, -0.1) is 11.8 Å². The van der Waals surface area contributed by atoms with Crippen molar-refractivity contribution in [2.45, 2.75) is 133 Å². The molecule has 10 atom stereocenters. The van der Waals surface area contributed by atoms with Gasteiger partial charge in [-0.1, -0.05) is 54.6 Å². The number of nitriles is 2. The Hall–Kier alpha value is -5.29. The molecule has 5 aliphatic heterocycles. The van der Waals surface area contributed by atoms with E-state index in [0.717, 1.165) is 17.3 Å². The number of methoxy groups -OCH3 is 2. The number of amides is 3. The summed E-state index contributed by atoms with van der Waals surface area (Å²) in [6.45, 7) is 10.8. The Morgan fingerprint density at radius 1 is 0.885 bits per heavy atom. The Balaban J connectivity index is 1.27. The number of aryl methyl sites for hydroxylation is 1. The third-order valence-electron chi connectivity index (χ3n) is 14.1. The summed E-state index contributed by atoms with van der Waals surface area (Å²) in [6, 6.07) is 26.4. The van der Waals surface area contributed by atoms with Gasteiger partial charge in [0, 0.05) is 50.4 Å². The minimum absolute atomic E-state index is 0.0543. The van der Waals surface area contributed by atoms with E-state index >= 15 is 4.57 Å². The summed E-state index contributed by atoms with van der Waals surface area (Å²) < 4.78 is 80.5. The lowest BCUT2D eigenvalue weighted by atomic mass is 9.80. The van der Waals surface area contributed by atoms with Crippen LogP contribution in [0.2, 0.25) is 0 Å². The van der Waals surface area contributed by atoms with Gasteiger partial charge in [-0.3, -0.25) is 33.1 Å². The Kier molecular flexibility index (Phi) is 19.2. The van der Waals surface area contributed by atoms with Gasteiger partial charge in [0.15, 0.2) is 0 Å². The first-order valence-corrected chi connectivity index (χ1v) is 29.3. The number of phosphoric ester groups is 1. The van der Waals surface area contributed by atoms with Crippen molar-refractivity contribution in [3.8, 4) is 23.6 Å². The van der Waals surface area contributed by atoms with E-state index in [-0.39, 0.29) is 62.4 Å². The number of thioether (sulfide) groups is 1. The molecule has 418 valence electrons. The minimum Gasteiger partial charge on any atom is -0.497 e. The maximum Gasteiger partial charge on any atom is 0.474 e. The molecule has 3 fully saturated rings. The number of hydrogen-bond acceptors (Lipinski definition) is 19. The van der Waals surface area contributed by atoms with Crippen LogP contribution in [0.25, 0.3) is 0 Å². The Labute approximate surface area is 460 Å². The van der Waals surface area contributed by atoms with E-state index < -0.39 is 93.8 Å². The second kappa shape index (κ2) is 25.4. The number of imide groups is 1. The van der Waals surface area contributed by atoms with Gasteiger partial charge in [0.25, 0.3) is 8.53 Å². The highest BCUT2D eigenvalue weighted by Crippen LogP contribution is 2.56. The lowest BCUT2D eigenvalue weighted by molar-refractivity contribution is -0.134. The van der Waals surface area contributed by atoms with Crippen LogP contribution < -0.4 is 20.5 Å². The lowest BCUT2D eigenvalue weighted by Gasteiger charge is -2.48. The number of hydrogen-bond donors (Lipinski definition) is 1. The highest BCUT2D eigenvalue weighted by molar-refractivity contribution is 8.01. The molecule has 21 nitrogen and oxygen atoms in total. The van der Waals surface area contributed by atoms with Crippen molar-refractivity contribution in [2.75, 3.05) is 46.9 Å². The molecular formula is C54H67N7O14P2S. The molecule has 0 spiro atoms. The number of carbonyl (C=O) groups is 2. The molecule has 9 rings (SSSR count). The van der Waals surface area contributed by atoms with E-state index in [1.165, 1.54) is 16.6 Å². The molecule has 6 heterocycles. The van der Waals surface area contributed by atoms with Crippen LogP contribution in [0.4, 0.5) is 4.79 Å². The molecule has 24 heteroatoms. The number of ether oxygens (including phenoxy) is 5. The van der Waals surface area contributed by atoms with Crippen molar-refractivity contribution >= 4 is 40.0 Å². The third kappa shape index (κ3) is 12.2. The number of phosphoric acid groups is 1. The maximum absolute atomic E-state index is 15.2. The monoisotopic (exact) mass is 1130 g/mol. The summed E-state index contributed by atoms with van der Waals surface area (Å²) in [7, 11) is -2.14. The van der Waals surface area contributed by atoms with Gasteiger partial charge < -0.3 is 32.7 Å². The Bertz CT molecular complexity index is 2870. The van der Waals surface area contributed by atoms with Gasteiger partial charge in [0.1, 0.15) is 58.7 Å². The number of fused-ring (bicyclic) bond motifs is 5. The number of nitrogens with zero attached hydrogens (tertiary/aromatic N) is 6. The molecule has 0 aliphatic carbocycles. The quantitative estimate of drug-likeness (QED) is 0.0493. The zero-order chi connectivity index (χ0) is 55.9. The van der Waals surface area contributed by atoms with E-state index in [1.54, 1.807) is 34.3 Å². The molecule has 3 unspecified atom stereocenters. The van der Waals surface area contributed by atoms with Crippen molar-refractivity contribution in [1.29, 1.82) is 10.5 Å². The van der Waals surface area contributed by atoms with Gasteiger partial charge in [0.05, 0.1) is 64.4 Å². The number of nitrogens with one attached hydrogen (secondary N) is 1. The Morgan fingerprint density at radius 3 is 2.10 bits per heavy atom. The van der Waals surface area contributed by atoms with Gasteiger partial charge in [-0.25, -0.2) is 18.8 Å². The summed E-state index contributed by atoms with van der Waals surface area (Å²) in [4.78, 5) is 49.7. The summed E-state index contributed by atoms with van der Waals surface area (Å²) in [5.41, 5.74) is 0.545. The summed E-state index contributed by atoms with van der Waals surface area (Å²) in [6.07, 6.45) is -4.86. The summed E-state index contributed by atoms with van der Waals surface area (Å²) >= 11 is 1.14. The van der Waals surface area contributed by atoms with Crippen molar-refractivity contribution in [3.05, 3.63) is 123 Å². The number of rotatable bonds is 20. The molecule has 78 heavy (non-hydrogen) atoms. The van der Waals surface area contributed by atoms with Gasteiger partial charge in [-0.2, -0.15) is 15.5 Å². The summed E-state index contributed by atoms with van der Waals surface area (Å²) in [5.74, 6) is 0.734. The van der Waals surface area contributed by atoms with Crippen LogP contribution in [-0.2, 0) is 51.8 Å². The van der Waals surface area contributed by atoms with Crippen LogP contribution in [0.5, 0.6) is 11.5 Å². The van der Waals surface area contributed by atoms with Crippen LogP contribution in [0.1, 0.15) is 101 Å². The SMILES string of the molecule is COc1ccc(C(OC[C@H]2O[C@@H]3C[C@@H]2OP(=O)(OC)OC[C@H]2O[C@H](C[C@@H]2OP(OCCC#N)N(C(C)C)C(C)C)n2cc(C)c(nc2=O)[C@@H]2N3C(=O)NC(=O)C2(C)SCCC#N)(c2ccccc2)c2ccc(OC)cc2)cc1. The molecule has 1 N–H and O–H groups in total. The molecule has 1 aromatic heterocycles. The Morgan fingerprint density at radius 2 is 1.51 bits per heavy atom. The van der Waals surface area contributed by atoms with E-state index in [1.807, 2.05) is 107 Å². The normalized spacial score (nSPS) is 26.6. The number of aromatic nitrogens is 2. The highest BCUT2D eigenvalue weighted by Gasteiger charge is 2.58. The zero-order valence-corrected chi connectivity index (χ0v) is 47.7. The molecule has 0 saturated carbocycles. The first-order valence-electron chi connectivity index (χ1n) is 25.7. The van der Waals surface area contributed by atoms with Gasteiger partial charge in [0.2, 0.25) is 5.91 Å². The lowest BCUT2D eigenvalue weighted by Crippen LogP contribution is -2.65. The van der Waals surface area contributed by atoms with E-state index in [2.05, 4.69) is 27.1 Å². The minimum atomic E-state index is -4.63. The fourth-order valence-electron chi connectivity index (χ4n) is 10.4. The number of carbonyl (C=O) groups excluding carboxylic acids is 2. The average molecular weight is 1130 g/mol. The smallest absolute Gasteiger partial charge is 0.474 e. The average Bonchev–Trinajstić information content (AvgIpc) is 4.11. The van der Waals surface area contributed by atoms with Crippen LogP contribution in [0.3, 0.4) is 0 Å². The molecule has 3 aromatic carbocycles. The van der Waals surface area contributed by atoms with E-state index in [9.17, 15) is 24.9 Å². The zero-order valence-electron chi connectivity index (χ0n) is 45.1. The highest BCUT2D eigenvalue weighted by atomic mass is 32.2. The van der Waals surface area contributed by atoms with Crippen molar-refractivity contribution in [3.63, 3.8) is 0 Å². The summed E-state index contributed by atoms with van der Waals surface area (Å²) in [5, 5.41) is 21.6. The molecule has 6 bridgehead atoms. The molecule has 3 amide bonds. The molecule has 4 aromatic rings. The first kappa shape index (κ1) is 58.8. The number of urea groups is 1. The van der Waals surface area contributed by atoms with E-state index in [0.29, 0.717) is 28.2 Å². The fraction of sp³-hybridized carbons (Fsp3) is 0.519. The molecule has 3 saturated heterocycles. The topological polar surface area (TPSA) is 244 Å². The maximum atomic E-state index is 15.2. The molecule has 5 aliphatic rings. The predicted octanol–water partition coefficient (Wildman–Crippen LogP) is 8.81. The van der Waals surface area contributed by atoms with Crippen LogP contribution in [-0.4, -0.2) is 125 Å². The molecular weight excluding hydrogens is 1060 g/mol. The predicted molar refractivity (Wildman–Crippen MR) is 288 cm³/mol. The van der Waals surface area contributed by atoms with Crippen LogP contribution >= 0.6 is 28.1 Å². The van der Waals surface area contributed by atoms with E-state index in [4.69, 9.17) is 46.3 Å². The standard InChI is InChI=1S/C54H67N7O14P2S/c1-34(2)61(35(3)4)76(70-27-13-25-55)74-42-29-46-59-31-36(5)48(57-51(59)63)49-53(6,78-28-14-26-56)50(62)58-52(64)60(49)47-30-43(75-77(65,68-9)71-33-45(42)72-46)44(73-47)32-69-54(37-15-11-10-12-16-37,38-17-21-40(66-7)22-18-38)39-19-23-41(67-8)24-20-39/h10-12,15-24,31,34-35,42-47,49H,13-14,27-30,32-33H2,1-9H3,(H,58,62,64)/t42-,43-,44+,45+,46+,47+,49-,53?,76?,77?/m0/s1. The fourth-order valence-corrected chi connectivity index (χ4v) is 14.5. The first-order chi connectivity index (χ1) is 37.4. The van der Waals surface area contributed by atoms with Crippen molar-refractivity contribution in [2.24, 2.45) is 0 Å². The second-order valence-corrected chi connectivity index (χ2v) is 24.4. The number of benzene rings is 3. The largest absolute Gasteiger partial charge is 0.497 e. The second-order valence-electron chi connectivity index (χ2n) is 19.7.